The molecule has 0 spiro atoms. The van der Waals surface area contributed by atoms with Crippen molar-refractivity contribution in [2.24, 2.45) is 0 Å². The Hall–Kier alpha value is -4.60. The number of methoxy groups -OCH3 is 1. The van der Waals surface area contributed by atoms with Crippen LogP contribution >= 0.6 is 23.4 Å². The van der Waals surface area contributed by atoms with Gasteiger partial charge >= 0.3 is 0 Å². The molecule has 0 aliphatic heterocycles. The number of aromatic nitrogens is 4. The summed E-state index contributed by atoms with van der Waals surface area (Å²) in [7, 11) is 1.64. The molecule has 0 unspecified atom stereocenters. The van der Waals surface area contributed by atoms with Crippen LogP contribution in [0.4, 0.5) is 5.82 Å². The molecule has 0 aliphatic rings. The van der Waals surface area contributed by atoms with Crippen molar-refractivity contribution in [3.05, 3.63) is 127 Å². The molecule has 3 aromatic carbocycles. The lowest BCUT2D eigenvalue weighted by atomic mass is 10.1. The summed E-state index contributed by atoms with van der Waals surface area (Å²) in [5.74, 6) is 1.18. The lowest BCUT2D eigenvalue weighted by Gasteiger charge is -2.23. The Balaban J connectivity index is 1.51. The van der Waals surface area contributed by atoms with Gasteiger partial charge < -0.3 is 14.6 Å². The first-order valence-corrected chi connectivity index (χ1v) is 15.6. The number of hydrogen-bond donors (Lipinski definition) is 1. The first kappa shape index (κ1) is 29.5. The first-order chi connectivity index (χ1) is 21.3. The van der Waals surface area contributed by atoms with Gasteiger partial charge in [0.1, 0.15) is 17.0 Å². The number of aryl methyl sites for hydroxylation is 1. The normalized spacial score (nSPS) is 12.0. The number of fused-ring (bicyclic) bond motifs is 2. The molecule has 8 nitrogen and oxygen atoms in total. The Bertz CT molecular complexity index is 2130. The standard InChI is InChI=1S/C34H30ClN5O3S/c1-20-18-39(19-22-13-15-25(43-3)16-14-22)32-29(30(20)41)31(37-34(38-32)44-4)36-21(2)27-17-23-9-8-12-26(35)28(23)33(42)40(27)24-10-6-5-7-11-24/h5-18,21H,19H2,1-4H3,(H,36,37,38)/t21-/m0/s1. The number of benzene rings is 3. The zero-order valence-corrected chi connectivity index (χ0v) is 26.2. The maximum absolute atomic E-state index is 14.0. The minimum atomic E-state index is -0.436. The number of hydrogen-bond acceptors (Lipinski definition) is 7. The number of ether oxygens (including phenoxy) is 1. The Labute approximate surface area is 263 Å². The van der Waals surface area contributed by atoms with Crippen LogP contribution < -0.4 is 21.0 Å². The van der Waals surface area contributed by atoms with Crippen molar-refractivity contribution in [1.82, 2.24) is 19.1 Å². The fourth-order valence-corrected chi connectivity index (χ4v) is 6.04. The first-order valence-electron chi connectivity index (χ1n) is 14.0. The molecule has 1 N–H and O–H groups in total. The van der Waals surface area contributed by atoms with Crippen LogP contribution in [0.2, 0.25) is 5.02 Å². The summed E-state index contributed by atoms with van der Waals surface area (Å²) < 4.78 is 8.95. The minimum Gasteiger partial charge on any atom is -0.497 e. The molecule has 0 aliphatic carbocycles. The van der Waals surface area contributed by atoms with E-state index in [2.05, 4.69) is 5.32 Å². The van der Waals surface area contributed by atoms with Crippen LogP contribution in [0.25, 0.3) is 27.5 Å². The third-order valence-corrected chi connectivity index (χ3v) is 8.47. The van der Waals surface area contributed by atoms with Crippen LogP contribution in [-0.2, 0) is 6.54 Å². The summed E-state index contributed by atoms with van der Waals surface area (Å²) in [5.41, 5.74) is 3.15. The third kappa shape index (κ3) is 5.44. The number of halogens is 1. The average molecular weight is 624 g/mol. The van der Waals surface area contributed by atoms with E-state index >= 15 is 0 Å². The smallest absolute Gasteiger partial charge is 0.264 e. The Morgan fingerprint density at radius 1 is 0.977 bits per heavy atom. The Morgan fingerprint density at radius 2 is 1.73 bits per heavy atom. The molecule has 6 rings (SSSR count). The summed E-state index contributed by atoms with van der Waals surface area (Å²) >= 11 is 7.90. The second-order valence-corrected chi connectivity index (χ2v) is 11.7. The SMILES string of the molecule is COc1ccc(Cn2cc(C)c(=O)c3c(N[C@@H](C)c4cc5cccc(Cl)c5c(=O)n4-c4ccccc4)nc(SC)nc32)cc1. The molecule has 6 aromatic rings. The summed E-state index contributed by atoms with van der Waals surface area (Å²) in [6.45, 7) is 4.24. The number of rotatable bonds is 8. The monoisotopic (exact) mass is 623 g/mol. The maximum atomic E-state index is 14.0. The predicted octanol–water partition coefficient (Wildman–Crippen LogP) is 7.01. The van der Waals surface area contributed by atoms with Gasteiger partial charge in [0.25, 0.3) is 5.56 Å². The molecule has 3 aromatic heterocycles. The second-order valence-electron chi connectivity index (χ2n) is 10.5. The van der Waals surface area contributed by atoms with E-state index in [4.69, 9.17) is 26.3 Å². The van der Waals surface area contributed by atoms with Gasteiger partial charge in [-0.05, 0) is 67.5 Å². The molecule has 0 fully saturated rings. The van der Waals surface area contributed by atoms with E-state index in [9.17, 15) is 9.59 Å². The van der Waals surface area contributed by atoms with Gasteiger partial charge in [0.05, 0.1) is 23.6 Å². The molecule has 1 atom stereocenters. The zero-order valence-electron chi connectivity index (χ0n) is 24.7. The number of anilines is 1. The van der Waals surface area contributed by atoms with E-state index in [0.29, 0.717) is 55.9 Å². The predicted molar refractivity (Wildman–Crippen MR) is 179 cm³/mol. The molecule has 0 amide bonds. The molecule has 0 saturated heterocycles. The quantitative estimate of drug-likeness (QED) is 0.144. The van der Waals surface area contributed by atoms with Crippen molar-refractivity contribution in [2.45, 2.75) is 31.6 Å². The molecule has 222 valence electrons. The highest BCUT2D eigenvalue weighted by molar-refractivity contribution is 7.98. The van der Waals surface area contributed by atoms with Crippen LogP contribution in [-0.4, -0.2) is 32.5 Å². The topological polar surface area (TPSA) is 91.0 Å². The number of nitrogens with one attached hydrogen (secondary N) is 1. The van der Waals surface area contributed by atoms with Crippen molar-refractivity contribution in [3.8, 4) is 11.4 Å². The van der Waals surface area contributed by atoms with Crippen LogP contribution in [0.15, 0.2) is 99.8 Å². The highest BCUT2D eigenvalue weighted by Gasteiger charge is 2.22. The minimum absolute atomic E-state index is 0.154. The van der Waals surface area contributed by atoms with Crippen LogP contribution in [0, 0.1) is 6.92 Å². The third-order valence-electron chi connectivity index (χ3n) is 7.61. The van der Waals surface area contributed by atoms with Crippen LogP contribution in [0.1, 0.15) is 29.8 Å². The number of pyridine rings is 2. The number of thioether (sulfide) groups is 1. The van der Waals surface area contributed by atoms with Crippen molar-refractivity contribution in [2.75, 3.05) is 18.7 Å². The molecule has 0 radical (unpaired) electrons. The molecule has 0 bridgehead atoms. The van der Waals surface area contributed by atoms with Gasteiger partial charge in [-0.1, -0.05) is 65.8 Å². The van der Waals surface area contributed by atoms with Crippen molar-refractivity contribution < 1.29 is 4.74 Å². The maximum Gasteiger partial charge on any atom is 0.264 e. The van der Waals surface area contributed by atoms with Gasteiger partial charge in [-0.25, -0.2) is 9.97 Å². The lowest BCUT2D eigenvalue weighted by molar-refractivity contribution is 0.414. The van der Waals surface area contributed by atoms with Gasteiger partial charge in [0.15, 0.2) is 16.2 Å². The van der Waals surface area contributed by atoms with Gasteiger partial charge in [0.2, 0.25) is 0 Å². The van der Waals surface area contributed by atoms with E-state index in [1.165, 1.54) is 11.8 Å². The molecular weight excluding hydrogens is 594 g/mol. The highest BCUT2D eigenvalue weighted by atomic mass is 35.5. The van der Waals surface area contributed by atoms with Crippen molar-refractivity contribution >= 4 is 51.0 Å². The molecule has 44 heavy (non-hydrogen) atoms. The van der Waals surface area contributed by atoms with Gasteiger partial charge in [-0.3, -0.25) is 14.2 Å². The van der Waals surface area contributed by atoms with E-state index in [0.717, 1.165) is 16.7 Å². The second kappa shape index (κ2) is 12.2. The van der Waals surface area contributed by atoms with Crippen LogP contribution in [0.3, 0.4) is 0 Å². The summed E-state index contributed by atoms with van der Waals surface area (Å²) in [6, 6.07) is 24.2. The number of para-hydroxylation sites is 1. The van der Waals surface area contributed by atoms with E-state index in [1.54, 1.807) is 24.7 Å². The van der Waals surface area contributed by atoms with Crippen molar-refractivity contribution in [1.29, 1.82) is 0 Å². The van der Waals surface area contributed by atoms with E-state index < -0.39 is 6.04 Å². The average Bonchev–Trinajstić information content (AvgIpc) is 3.03. The summed E-state index contributed by atoms with van der Waals surface area (Å²) in [5, 5.41) is 5.96. The summed E-state index contributed by atoms with van der Waals surface area (Å²) in [4.78, 5) is 37.2. The van der Waals surface area contributed by atoms with Gasteiger partial charge in [0, 0.05) is 29.7 Å². The molecule has 0 saturated carbocycles. The highest BCUT2D eigenvalue weighted by Crippen LogP contribution is 2.29. The van der Waals surface area contributed by atoms with E-state index in [-0.39, 0.29) is 11.0 Å². The zero-order chi connectivity index (χ0) is 31.0. The molecule has 3 heterocycles. The van der Waals surface area contributed by atoms with Crippen LogP contribution in [0.5, 0.6) is 5.75 Å². The Morgan fingerprint density at radius 3 is 2.43 bits per heavy atom. The number of nitrogens with zero attached hydrogens (tertiary/aromatic N) is 4. The lowest BCUT2D eigenvalue weighted by Crippen LogP contribution is -2.26. The molecular formula is C34H30ClN5O3S. The fourth-order valence-electron chi connectivity index (χ4n) is 5.42. The van der Waals surface area contributed by atoms with Gasteiger partial charge in [-0.2, -0.15) is 0 Å². The van der Waals surface area contributed by atoms with Gasteiger partial charge in [-0.15, -0.1) is 0 Å². The van der Waals surface area contributed by atoms with E-state index in [1.807, 2.05) is 96.7 Å². The molecule has 10 heteroatoms. The largest absolute Gasteiger partial charge is 0.497 e. The summed E-state index contributed by atoms with van der Waals surface area (Å²) in [6.07, 6.45) is 3.73. The fraction of sp³-hybridized carbons (Fsp3) is 0.176. The van der Waals surface area contributed by atoms with Crippen molar-refractivity contribution in [3.63, 3.8) is 0 Å². The Kier molecular flexibility index (Phi) is 8.16.